The van der Waals surface area contributed by atoms with Crippen LogP contribution in [0.15, 0.2) is 12.1 Å². The predicted molar refractivity (Wildman–Crippen MR) is 87.9 cm³/mol. The first-order valence-electron chi connectivity index (χ1n) is 7.88. The Balaban J connectivity index is 2.38. The molecule has 1 aromatic rings. The molecule has 2 rings (SSSR count). The Labute approximate surface area is 133 Å². The average molecular weight is 308 g/mol. The van der Waals surface area contributed by atoms with E-state index >= 15 is 0 Å². The van der Waals surface area contributed by atoms with E-state index in [0.29, 0.717) is 6.54 Å². The Hall–Kier alpha value is -1.46. The normalized spacial score (nSPS) is 18.0. The molecular weight excluding hydrogens is 280 g/mol. The van der Waals surface area contributed by atoms with E-state index in [9.17, 15) is 0 Å². The van der Waals surface area contributed by atoms with E-state index in [0.717, 1.165) is 41.8 Å². The number of rotatable bonds is 6. The van der Waals surface area contributed by atoms with Crippen molar-refractivity contribution >= 4 is 0 Å². The molecule has 0 aliphatic carbocycles. The molecule has 22 heavy (non-hydrogen) atoms. The van der Waals surface area contributed by atoms with Crippen LogP contribution in [0.4, 0.5) is 0 Å². The van der Waals surface area contributed by atoms with Crippen molar-refractivity contribution in [3.05, 3.63) is 17.7 Å². The van der Waals surface area contributed by atoms with Gasteiger partial charge in [-0.05, 0) is 31.8 Å². The first-order chi connectivity index (χ1) is 10.6. The monoisotopic (exact) mass is 308 g/mol. The number of methoxy groups -OCH3 is 3. The molecule has 0 bridgehead atoms. The Kier molecular flexibility index (Phi) is 5.91. The molecule has 1 aliphatic rings. The van der Waals surface area contributed by atoms with Crippen molar-refractivity contribution in [2.24, 2.45) is 11.7 Å². The molecule has 0 amide bonds. The third kappa shape index (κ3) is 3.47. The summed E-state index contributed by atoms with van der Waals surface area (Å²) in [7, 11) is 4.98. The maximum atomic E-state index is 6.10. The molecule has 1 heterocycles. The summed E-state index contributed by atoms with van der Waals surface area (Å²) in [6.07, 6.45) is 2.41. The van der Waals surface area contributed by atoms with Crippen LogP contribution in [-0.4, -0.2) is 45.9 Å². The molecule has 124 valence electrons. The molecule has 1 fully saturated rings. The Morgan fingerprint density at radius 1 is 1.09 bits per heavy atom. The molecule has 0 radical (unpaired) electrons. The third-order valence-electron chi connectivity index (χ3n) is 4.57. The highest BCUT2D eigenvalue weighted by Crippen LogP contribution is 2.41. The van der Waals surface area contributed by atoms with Crippen LogP contribution in [0, 0.1) is 5.92 Å². The summed E-state index contributed by atoms with van der Waals surface area (Å²) in [5.41, 5.74) is 7.12. The third-order valence-corrected chi connectivity index (χ3v) is 4.57. The van der Waals surface area contributed by atoms with Crippen molar-refractivity contribution < 1.29 is 14.2 Å². The molecule has 5 nitrogen and oxygen atoms in total. The number of piperidine rings is 1. The second-order valence-corrected chi connectivity index (χ2v) is 5.92. The first-order valence-corrected chi connectivity index (χ1v) is 7.88. The molecule has 5 heteroatoms. The van der Waals surface area contributed by atoms with E-state index in [-0.39, 0.29) is 6.04 Å². The fourth-order valence-corrected chi connectivity index (χ4v) is 3.15. The Morgan fingerprint density at radius 2 is 1.64 bits per heavy atom. The minimum Gasteiger partial charge on any atom is -0.496 e. The first kappa shape index (κ1) is 16.9. The van der Waals surface area contributed by atoms with E-state index in [1.54, 1.807) is 21.3 Å². The fraction of sp³-hybridized carbons (Fsp3) is 0.647. The highest BCUT2D eigenvalue weighted by atomic mass is 16.5. The molecule has 1 aliphatic heterocycles. The van der Waals surface area contributed by atoms with Crippen LogP contribution in [-0.2, 0) is 0 Å². The van der Waals surface area contributed by atoms with E-state index in [1.165, 1.54) is 12.8 Å². The number of nitrogens with two attached hydrogens (primary N) is 1. The second kappa shape index (κ2) is 7.70. The lowest BCUT2D eigenvalue weighted by Crippen LogP contribution is -2.39. The maximum Gasteiger partial charge on any atom is 0.131 e. The molecule has 1 aromatic carbocycles. The maximum absolute atomic E-state index is 6.10. The van der Waals surface area contributed by atoms with Crippen molar-refractivity contribution in [2.45, 2.75) is 25.8 Å². The smallest absolute Gasteiger partial charge is 0.131 e. The molecule has 0 unspecified atom stereocenters. The number of likely N-dealkylation sites (tertiary alicyclic amines) is 1. The lowest BCUT2D eigenvalue weighted by molar-refractivity contribution is 0.137. The topological polar surface area (TPSA) is 57.0 Å². The van der Waals surface area contributed by atoms with Crippen LogP contribution in [0.5, 0.6) is 17.2 Å². The lowest BCUT2D eigenvalue weighted by Gasteiger charge is -2.37. The number of hydrogen-bond acceptors (Lipinski definition) is 5. The molecule has 0 spiro atoms. The standard InChI is InChI=1S/C17H28N2O3/c1-12-5-7-19(8-6-12)14(11-18)17-15(21-3)9-13(20-2)10-16(17)22-4/h9-10,12,14H,5-8,11,18H2,1-4H3/t14-/m1/s1. The van der Waals surface area contributed by atoms with Gasteiger partial charge in [0.1, 0.15) is 17.2 Å². The zero-order valence-corrected chi connectivity index (χ0v) is 14.1. The van der Waals surface area contributed by atoms with E-state index < -0.39 is 0 Å². The van der Waals surface area contributed by atoms with Gasteiger partial charge in [-0.1, -0.05) is 6.92 Å². The fourth-order valence-electron chi connectivity index (χ4n) is 3.15. The van der Waals surface area contributed by atoms with Crippen molar-refractivity contribution in [2.75, 3.05) is 41.0 Å². The number of ether oxygens (including phenoxy) is 3. The largest absolute Gasteiger partial charge is 0.496 e. The van der Waals surface area contributed by atoms with Crippen LogP contribution >= 0.6 is 0 Å². The molecule has 0 saturated carbocycles. The van der Waals surface area contributed by atoms with Gasteiger partial charge in [0.15, 0.2) is 0 Å². The minimum absolute atomic E-state index is 0.100. The Bertz CT molecular complexity index is 460. The van der Waals surface area contributed by atoms with Gasteiger partial charge in [0.2, 0.25) is 0 Å². The van der Waals surface area contributed by atoms with Gasteiger partial charge in [0.25, 0.3) is 0 Å². The number of hydrogen-bond donors (Lipinski definition) is 1. The zero-order chi connectivity index (χ0) is 16.1. The average Bonchev–Trinajstić information content (AvgIpc) is 2.56. The molecule has 2 N–H and O–H groups in total. The van der Waals surface area contributed by atoms with Crippen molar-refractivity contribution in [1.29, 1.82) is 0 Å². The predicted octanol–water partition coefficient (Wildman–Crippen LogP) is 2.44. The van der Waals surface area contributed by atoms with Gasteiger partial charge in [-0.3, -0.25) is 4.90 Å². The Morgan fingerprint density at radius 3 is 2.05 bits per heavy atom. The summed E-state index contributed by atoms with van der Waals surface area (Å²) in [4.78, 5) is 2.44. The quantitative estimate of drug-likeness (QED) is 0.875. The van der Waals surface area contributed by atoms with Crippen LogP contribution < -0.4 is 19.9 Å². The van der Waals surface area contributed by atoms with Gasteiger partial charge < -0.3 is 19.9 Å². The van der Waals surface area contributed by atoms with Gasteiger partial charge in [0.05, 0.1) is 32.9 Å². The lowest BCUT2D eigenvalue weighted by atomic mass is 9.95. The van der Waals surface area contributed by atoms with Crippen LogP contribution in [0.1, 0.15) is 31.4 Å². The van der Waals surface area contributed by atoms with Gasteiger partial charge in [0, 0.05) is 18.7 Å². The van der Waals surface area contributed by atoms with Crippen LogP contribution in [0.25, 0.3) is 0 Å². The van der Waals surface area contributed by atoms with Crippen LogP contribution in [0.2, 0.25) is 0 Å². The van der Waals surface area contributed by atoms with Crippen molar-refractivity contribution in [3.8, 4) is 17.2 Å². The summed E-state index contributed by atoms with van der Waals surface area (Å²) in [5, 5.41) is 0. The van der Waals surface area contributed by atoms with Gasteiger partial charge in [-0.15, -0.1) is 0 Å². The van der Waals surface area contributed by atoms with Gasteiger partial charge in [-0.25, -0.2) is 0 Å². The van der Waals surface area contributed by atoms with E-state index in [2.05, 4.69) is 11.8 Å². The zero-order valence-electron chi connectivity index (χ0n) is 14.1. The highest BCUT2D eigenvalue weighted by Gasteiger charge is 2.29. The molecule has 1 atom stereocenters. The summed E-state index contributed by atoms with van der Waals surface area (Å²) in [5.74, 6) is 3.05. The summed E-state index contributed by atoms with van der Waals surface area (Å²) >= 11 is 0. The second-order valence-electron chi connectivity index (χ2n) is 5.92. The minimum atomic E-state index is 0.100. The summed E-state index contributed by atoms with van der Waals surface area (Å²) in [6.45, 7) is 4.96. The van der Waals surface area contributed by atoms with E-state index in [1.807, 2.05) is 12.1 Å². The highest BCUT2D eigenvalue weighted by molar-refractivity contribution is 5.52. The summed E-state index contributed by atoms with van der Waals surface area (Å²) < 4.78 is 16.5. The number of nitrogens with zero attached hydrogens (tertiary/aromatic N) is 1. The molecule has 1 saturated heterocycles. The van der Waals surface area contributed by atoms with E-state index in [4.69, 9.17) is 19.9 Å². The summed E-state index contributed by atoms with van der Waals surface area (Å²) in [6, 6.07) is 3.89. The molecular formula is C17H28N2O3. The van der Waals surface area contributed by atoms with Crippen LogP contribution in [0.3, 0.4) is 0 Å². The van der Waals surface area contributed by atoms with Gasteiger partial charge in [-0.2, -0.15) is 0 Å². The SMILES string of the molecule is COc1cc(OC)c([C@@H](CN)N2CCC(C)CC2)c(OC)c1. The van der Waals surface area contributed by atoms with Crippen molar-refractivity contribution in [1.82, 2.24) is 4.90 Å². The van der Waals surface area contributed by atoms with Gasteiger partial charge >= 0.3 is 0 Å². The van der Waals surface area contributed by atoms with Crippen molar-refractivity contribution in [3.63, 3.8) is 0 Å². The molecule has 0 aromatic heterocycles. The number of benzene rings is 1.